The number of aromatic nitrogens is 2. The summed E-state index contributed by atoms with van der Waals surface area (Å²) in [6.45, 7) is 6.40. The highest BCUT2D eigenvalue weighted by molar-refractivity contribution is 14.1. The van der Waals surface area contributed by atoms with Crippen molar-refractivity contribution in [1.29, 1.82) is 0 Å². The zero-order valence-corrected chi connectivity index (χ0v) is 14.8. The molecule has 0 fully saturated rings. The van der Waals surface area contributed by atoms with Crippen molar-refractivity contribution in [2.75, 3.05) is 13.7 Å². The van der Waals surface area contributed by atoms with Gasteiger partial charge in [0.25, 0.3) is 0 Å². The van der Waals surface area contributed by atoms with E-state index in [1.165, 1.54) is 6.07 Å². The molecule has 20 heavy (non-hydrogen) atoms. The van der Waals surface area contributed by atoms with Crippen molar-refractivity contribution in [1.82, 2.24) is 9.55 Å². The number of fused-ring (bicyclic) bond motifs is 1. The summed E-state index contributed by atoms with van der Waals surface area (Å²) in [6.07, 6.45) is 0. The predicted molar refractivity (Wildman–Crippen MR) is 87.9 cm³/mol. The van der Waals surface area contributed by atoms with Gasteiger partial charge in [-0.25, -0.2) is 9.37 Å². The molecule has 0 aliphatic rings. The van der Waals surface area contributed by atoms with E-state index >= 15 is 0 Å². The van der Waals surface area contributed by atoms with Crippen LogP contribution in [0.15, 0.2) is 12.1 Å². The normalized spacial score (nSPS) is 13.9. The van der Waals surface area contributed by atoms with Crippen molar-refractivity contribution < 1.29 is 9.13 Å². The summed E-state index contributed by atoms with van der Waals surface area (Å²) in [5, 5.41) is -0.265. The first-order valence-electron chi connectivity index (χ1n) is 6.29. The van der Waals surface area contributed by atoms with Crippen molar-refractivity contribution in [2.24, 2.45) is 0 Å². The van der Waals surface area contributed by atoms with Gasteiger partial charge in [-0.1, -0.05) is 0 Å². The summed E-state index contributed by atoms with van der Waals surface area (Å²) in [4.78, 5) is 4.57. The third-order valence-electron chi connectivity index (χ3n) is 3.18. The number of rotatable bonds is 4. The number of hydrogen-bond donors (Lipinski definition) is 0. The SMILES string of the molecule is COCC(C)(C)n1c(C(C)Cl)nc2cc(I)c(F)cc21. The van der Waals surface area contributed by atoms with Crippen molar-refractivity contribution >= 4 is 45.2 Å². The lowest BCUT2D eigenvalue weighted by molar-refractivity contribution is 0.110. The molecule has 3 nitrogen and oxygen atoms in total. The number of imidazole rings is 1. The molecule has 2 aromatic rings. The number of benzene rings is 1. The second kappa shape index (κ2) is 5.77. The standard InChI is InChI=1S/C14H17ClFIN2O/c1-8(15)13-18-11-6-10(17)9(16)5-12(11)19(13)14(2,3)7-20-4/h5-6,8H,7H2,1-4H3. The summed E-state index contributed by atoms with van der Waals surface area (Å²) >= 11 is 8.21. The highest BCUT2D eigenvalue weighted by atomic mass is 127. The molecule has 0 amide bonds. The molecule has 0 spiro atoms. The lowest BCUT2D eigenvalue weighted by atomic mass is 10.1. The Balaban J connectivity index is 2.78. The molecule has 0 N–H and O–H groups in total. The molecule has 0 aliphatic heterocycles. The van der Waals surface area contributed by atoms with E-state index in [9.17, 15) is 4.39 Å². The Labute approximate surface area is 136 Å². The molecule has 6 heteroatoms. The van der Waals surface area contributed by atoms with Crippen LogP contribution >= 0.6 is 34.2 Å². The monoisotopic (exact) mass is 410 g/mol. The number of nitrogens with zero attached hydrogens (tertiary/aromatic N) is 2. The second-order valence-corrected chi connectivity index (χ2v) is 7.24. The lowest BCUT2D eigenvalue weighted by Gasteiger charge is -2.29. The van der Waals surface area contributed by atoms with Gasteiger partial charge in [0.2, 0.25) is 0 Å². The van der Waals surface area contributed by atoms with Gasteiger partial charge >= 0.3 is 0 Å². The van der Waals surface area contributed by atoms with E-state index in [2.05, 4.69) is 4.98 Å². The van der Waals surface area contributed by atoms with E-state index in [-0.39, 0.29) is 16.7 Å². The van der Waals surface area contributed by atoms with Gasteiger partial charge < -0.3 is 9.30 Å². The van der Waals surface area contributed by atoms with Gasteiger partial charge in [-0.2, -0.15) is 0 Å². The highest BCUT2D eigenvalue weighted by Gasteiger charge is 2.28. The molecule has 2 rings (SSSR count). The summed E-state index contributed by atoms with van der Waals surface area (Å²) in [5.41, 5.74) is 1.14. The number of halogens is 3. The van der Waals surface area contributed by atoms with Gasteiger partial charge in [0, 0.05) is 13.2 Å². The van der Waals surface area contributed by atoms with Crippen LogP contribution in [-0.2, 0) is 10.3 Å². The van der Waals surface area contributed by atoms with Crippen LogP contribution in [0.25, 0.3) is 11.0 Å². The van der Waals surface area contributed by atoms with Crippen molar-refractivity contribution in [3.63, 3.8) is 0 Å². The first-order valence-corrected chi connectivity index (χ1v) is 7.80. The topological polar surface area (TPSA) is 27.1 Å². The van der Waals surface area contributed by atoms with Crippen molar-refractivity contribution in [2.45, 2.75) is 31.7 Å². The van der Waals surface area contributed by atoms with Crippen molar-refractivity contribution in [3.8, 4) is 0 Å². The molecule has 1 atom stereocenters. The van der Waals surface area contributed by atoms with Crippen LogP contribution < -0.4 is 0 Å². The van der Waals surface area contributed by atoms with E-state index in [1.807, 2.05) is 47.9 Å². The van der Waals surface area contributed by atoms with Gasteiger partial charge in [0.1, 0.15) is 11.6 Å². The molecule has 1 unspecified atom stereocenters. The Hall–Kier alpha value is -0.400. The number of hydrogen-bond acceptors (Lipinski definition) is 2. The second-order valence-electron chi connectivity index (χ2n) is 5.42. The maximum atomic E-state index is 13.9. The van der Waals surface area contributed by atoms with Gasteiger partial charge in [-0.05, 0) is 49.4 Å². The first-order chi connectivity index (χ1) is 9.27. The van der Waals surface area contributed by atoms with Crippen LogP contribution in [0, 0.1) is 9.39 Å². The number of alkyl halides is 1. The first kappa shape index (κ1) is 16.0. The maximum absolute atomic E-state index is 13.9. The Kier molecular flexibility index (Phi) is 4.61. The van der Waals surface area contributed by atoms with Crippen LogP contribution in [0.3, 0.4) is 0 Å². The van der Waals surface area contributed by atoms with Gasteiger partial charge in [-0.3, -0.25) is 0 Å². The minimum atomic E-state index is -0.360. The quantitative estimate of drug-likeness (QED) is 0.550. The van der Waals surface area contributed by atoms with Crippen molar-refractivity contribution in [3.05, 3.63) is 27.3 Å². The van der Waals surface area contributed by atoms with Gasteiger partial charge in [0.05, 0.1) is 32.1 Å². The summed E-state index contributed by atoms with van der Waals surface area (Å²) in [5.74, 6) is 0.478. The van der Waals surface area contributed by atoms with Gasteiger partial charge in [-0.15, -0.1) is 11.6 Å². The Morgan fingerprint density at radius 2 is 2.15 bits per heavy atom. The molecule has 1 aromatic carbocycles. The molecule has 1 heterocycles. The van der Waals surface area contributed by atoms with Gasteiger partial charge in [0.15, 0.2) is 0 Å². The van der Waals surface area contributed by atoms with Crippen LogP contribution in [0.1, 0.15) is 32.0 Å². The zero-order chi connectivity index (χ0) is 15.1. The molecule has 0 aliphatic carbocycles. The largest absolute Gasteiger partial charge is 0.382 e. The van der Waals surface area contributed by atoms with Crippen LogP contribution in [-0.4, -0.2) is 23.3 Å². The molecule has 0 radical (unpaired) electrons. The van der Waals surface area contributed by atoms with E-state index < -0.39 is 0 Å². The maximum Gasteiger partial charge on any atom is 0.138 e. The fraction of sp³-hybridized carbons (Fsp3) is 0.500. The fourth-order valence-electron chi connectivity index (χ4n) is 2.41. The lowest BCUT2D eigenvalue weighted by Crippen LogP contribution is -2.33. The minimum Gasteiger partial charge on any atom is -0.382 e. The van der Waals surface area contributed by atoms with E-state index in [1.54, 1.807) is 13.2 Å². The third-order valence-corrected chi connectivity index (χ3v) is 4.20. The molecule has 0 saturated carbocycles. The predicted octanol–water partition coefficient (Wildman–Crippen LogP) is 4.46. The summed E-state index contributed by atoms with van der Waals surface area (Å²) in [6, 6.07) is 3.26. The molecule has 0 bridgehead atoms. The van der Waals surface area contributed by atoms with Crippen LogP contribution in [0.4, 0.5) is 4.39 Å². The highest BCUT2D eigenvalue weighted by Crippen LogP contribution is 2.32. The average Bonchev–Trinajstić information content (AvgIpc) is 2.69. The molecular weight excluding hydrogens is 394 g/mol. The third kappa shape index (κ3) is 2.80. The van der Waals surface area contributed by atoms with Crippen LogP contribution in [0.2, 0.25) is 0 Å². The Bertz CT molecular complexity index is 640. The zero-order valence-electron chi connectivity index (χ0n) is 11.9. The average molecular weight is 411 g/mol. The summed E-state index contributed by atoms with van der Waals surface area (Å²) in [7, 11) is 1.65. The van der Waals surface area contributed by atoms with E-state index in [4.69, 9.17) is 16.3 Å². The fourth-order valence-corrected chi connectivity index (χ4v) is 3.01. The summed E-state index contributed by atoms with van der Waals surface area (Å²) < 4.78 is 21.7. The number of methoxy groups -OCH3 is 1. The molecule has 110 valence electrons. The molecule has 1 aromatic heterocycles. The Morgan fingerprint density at radius 1 is 1.50 bits per heavy atom. The number of ether oxygens (including phenoxy) is 1. The molecule has 0 saturated heterocycles. The molecular formula is C14H17ClFIN2O. The van der Waals surface area contributed by atoms with Crippen LogP contribution in [0.5, 0.6) is 0 Å². The minimum absolute atomic E-state index is 0.249. The van der Waals surface area contributed by atoms with E-state index in [0.29, 0.717) is 10.2 Å². The Morgan fingerprint density at radius 3 is 2.70 bits per heavy atom. The smallest absolute Gasteiger partial charge is 0.138 e. The van der Waals surface area contributed by atoms with E-state index in [0.717, 1.165) is 16.9 Å².